The number of carbonyl (C=O) groups is 1. The van der Waals surface area contributed by atoms with E-state index < -0.39 is 0 Å². The molecule has 4 rings (SSSR count). The molecule has 2 aromatic rings. The average Bonchev–Trinajstić information content (AvgIpc) is 3.26. The van der Waals surface area contributed by atoms with E-state index in [1.807, 2.05) is 4.90 Å². The SMILES string of the molecule is O=C(c1ccoc1)N1CCC[C@@]2(C[C@@H](Nc3ncccn3)CO2)C1. The fourth-order valence-electron chi connectivity index (χ4n) is 3.62. The summed E-state index contributed by atoms with van der Waals surface area (Å²) < 4.78 is 11.2. The van der Waals surface area contributed by atoms with Crippen LogP contribution in [-0.2, 0) is 4.74 Å². The van der Waals surface area contributed by atoms with Crippen LogP contribution in [0.25, 0.3) is 0 Å². The molecule has 2 aliphatic rings. The lowest BCUT2D eigenvalue weighted by Crippen LogP contribution is -2.50. The first-order valence-electron chi connectivity index (χ1n) is 8.23. The molecular formula is C17H20N4O3. The predicted molar refractivity (Wildman–Crippen MR) is 86.6 cm³/mol. The second-order valence-electron chi connectivity index (χ2n) is 6.45. The molecule has 0 bridgehead atoms. The van der Waals surface area contributed by atoms with E-state index in [2.05, 4.69) is 15.3 Å². The summed E-state index contributed by atoms with van der Waals surface area (Å²) in [5.74, 6) is 0.625. The molecule has 2 aliphatic heterocycles. The first-order chi connectivity index (χ1) is 11.7. The second-order valence-corrected chi connectivity index (χ2v) is 6.45. The largest absolute Gasteiger partial charge is 0.472 e. The third kappa shape index (κ3) is 2.99. The summed E-state index contributed by atoms with van der Waals surface area (Å²) in [6.45, 7) is 1.98. The van der Waals surface area contributed by atoms with Crippen LogP contribution in [0.15, 0.2) is 41.5 Å². The highest BCUT2D eigenvalue weighted by atomic mass is 16.5. The molecule has 126 valence electrons. The Morgan fingerprint density at radius 3 is 3.04 bits per heavy atom. The van der Waals surface area contributed by atoms with E-state index in [0.29, 0.717) is 24.7 Å². The van der Waals surface area contributed by atoms with Crippen LogP contribution in [0.2, 0.25) is 0 Å². The standard InChI is InChI=1S/C17H20N4O3/c22-15(13-3-8-23-10-13)21-7-1-4-17(12-21)9-14(11-24-17)20-16-18-5-2-6-19-16/h2-3,5-6,8,10,14H,1,4,7,9,11-12H2,(H,18,19,20)/t14-,17-/m1/s1. The number of nitrogens with zero attached hydrogens (tertiary/aromatic N) is 3. The van der Waals surface area contributed by atoms with E-state index in [9.17, 15) is 4.79 Å². The van der Waals surface area contributed by atoms with Crippen molar-refractivity contribution in [2.45, 2.75) is 30.9 Å². The first kappa shape index (κ1) is 15.1. The molecule has 1 amide bonds. The molecule has 0 radical (unpaired) electrons. The van der Waals surface area contributed by atoms with Crippen molar-refractivity contribution in [3.63, 3.8) is 0 Å². The number of likely N-dealkylation sites (tertiary alicyclic amines) is 1. The number of aromatic nitrogens is 2. The van der Waals surface area contributed by atoms with Gasteiger partial charge in [-0.15, -0.1) is 0 Å². The van der Waals surface area contributed by atoms with Gasteiger partial charge >= 0.3 is 0 Å². The topological polar surface area (TPSA) is 80.5 Å². The highest BCUT2D eigenvalue weighted by Gasteiger charge is 2.44. The normalized spacial score (nSPS) is 26.7. The van der Waals surface area contributed by atoms with Crippen molar-refractivity contribution in [3.8, 4) is 0 Å². The Balaban J connectivity index is 1.41. The van der Waals surface area contributed by atoms with Crippen LogP contribution in [0.4, 0.5) is 5.95 Å². The molecule has 0 saturated carbocycles. The number of amides is 1. The minimum Gasteiger partial charge on any atom is -0.472 e. The second kappa shape index (κ2) is 6.24. The predicted octanol–water partition coefficient (Wildman–Crippen LogP) is 1.95. The van der Waals surface area contributed by atoms with Crippen LogP contribution >= 0.6 is 0 Å². The lowest BCUT2D eigenvalue weighted by Gasteiger charge is -2.39. The van der Waals surface area contributed by atoms with Crippen molar-refractivity contribution in [2.75, 3.05) is 25.0 Å². The number of piperidine rings is 1. The molecular weight excluding hydrogens is 308 g/mol. The van der Waals surface area contributed by atoms with Crippen molar-refractivity contribution < 1.29 is 13.9 Å². The van der Waals surface area contributed by atoms with E-state index in [1.165, 1.54) is 12.5 Å². The molecule has 1 N–H and O–H groups in total. The summed E-state index contributed by atoms with van der Waals surface area (Å²) in [7, 11) is 0. The lowest BCUT2D eigenvalue weighted by atomic mass is 9.88. The average molecular weight is 328 g/mol. The van der Waals surface area contributed by atoms with E-state index in [4.69, 9.17) is 9.15 Å². The fraction of sp³-hybridized carbons (Fsp3) is 0.471. The minimum atomic E-state index is -0.274. The van der Waals surface area contributed by atoms with E-state index >= 15 is 0 Å². The van der Waals surface area contributed by atoms with E-state index in [1.54, 1.807) is 24.5 Å². The van der Waals surface area contributed by atoms with Crippen molar-refractivity contribution in [3.05, 3.63) is 42.6 Å². The van der Waals surface area contributed by atoms with Gasteiger partial charge in [-0.2, -0.15) is 0 Å². The quantitative estimate of drug-likeness (QED) is 0.927. The molecule has 7 nitrogen and oxygen atoms in total. The molecule has 0 aromatic carbocycles. The summed E-state index contributed by atoms with van der Waals surface area (Å²) in [4.78, 5) is 22.8. The number of furan rings is 1. The minimum absolute atomic E-state index is 0.00854. The molecule has 7 heteroatoms. The lowest BCUT2D eigenvalue weighted by molar-refractivity contribution is -0.0447. The van der Waals surface area contributed by atoms with Gasteiger partial charge in [0.25, 0.3) is 5.91 Å². The maximum atomic E-state index is 12.5. The zero-order valence-corrected chi connectivity index (χ0v) is 13.4. The molecule has 4 heterocycles. The van der Waals surface area contributed by atoms with Crippen molar-refractivity contribution in [1.82, 2.24) is 14.9 Å². The molecule has 24 heavy (non-hydrogen) atoms. The van der Waals surface area contributed by atoms with Crippen molar-refractivity contribution in [1.29, 1.82) is 0 Å². The molecule has 2 saturated heterocycles. The van der Waals surface area contributed by atoms with Gasteiger partial charge in [-0.1, -0.05) is 0 Å². The number of nitrogens with one attached hydrogen (secondary N) is 1. The summed E-state index contributed by atoms with van der Waals surface area (Å²) >= 11 is 0. The van der Waals surface area contributed by atoms with Gasteiger partial charge < -0.3 is 19.4 Å². The van der Waals surface area contributed by atoms with Gasteiger partial charge in [0.1, 0.15) is 6.26 Å². The molecule has 2 aromatic heterocycles. The highest BCUT2D eigenvalue weighted by molar-refractivity contribution is 5.93. The van der Waals surface area contributed by atoms with Gasteiger partial charge in [0, 0.05) is 25.4 Å². The Kier molecular flexibility index (Phi) is 3.93. The number of hydrogen-bond donors (Lipinski definition) is 1. The van der Waals surface area contributed by atoms with Crippen LogP contribution in [0.3, 0.4) is 0 Å². The van der Waals surface area contributed by atoms with Crippen LogP contribution in [0.5, 0.6) is 0 Å². The number of rotatable bonds is 3. The van der Waals surface area contributed by atoms with Gasteiger partial charge in [-0.3, -0.25) is 4.79 Å². The molecule has 2 fully saturated rings. The Hall–Kier alpha value is -2.41. The monoisotopic (exact) mass is 328 g/mol. The van der Waals surface area contributed by atoms with Gasteiger partial charge in [-0.05, 0) is 25.0 Å². The number of carbonyl (C=O) groups excluding carboxylic acids is 1. The van der Waals surface area contributed by atoms with Crippen molar-refractivity contribution in [2.24, 2.45) is 0 Å². The van der Waals surface area contributed by atoms with Crippen LogP contribution in [0.1, 0.15) is 29.6 Å². The summed E-state index contributed by atoms with van der Waals surface area (Å²) in [6.07, 6.45) is 9.21. The molecule has 0 aliphatic carbocycles. The van der Waals surface area contributed by atoms with Gasteiger partial charge in [0.05, 0.1) is 36.6 Å². The van der Waals surface area contributed by atoms with E-state index in [-0.39, 0.29) is 17.6 Å². The Morgan fingerprint density at radius 2 is 2.25 bits per heavy atom. The van der Waals surface area contributed by atoms with E-state index in [0.717, 1.165) is 25.8 Å². The summed E-state index contributed by atoms with van der Waals surface area (Å²) in [6, 6.07) is 3.66. The molecule has 2 atom stereocenters. The first-order valence-corrected chi connectivity index (χ1v) is 8.23. The maximum absolute atomic E-state index is 12.5. The Morgan fingerprint density at radius 1 is 1.38 bits per heavy atom. The van der Waals surface area contributed by atoms with Gasteiger partial charge in [0.15, 0.2) is 0 Å². The van der Waals surface area contributed by atoms with Gasteiger partial charge in [-0.25, -0.2) is 9.97 Å². The molecule has 0 unspecified atom stereocenters. The zero-order valence-electron chi connectivity index (χ0n) is 13.4. The number of anilines is 1. The maximum Gasteiger partial charge on any atom is 0.257 e. The fourth-order valence-corrected chi connectivity index (χ4v) is 3.62. The van der Waals surface area contributed by atoms with Crippen LogP contribution in [-0.4, -0.2) is 52.1 Å². The van der Waals surface area contributed by atoms with Crippen LogP contribution in [0, 0.1) is 0 Å². The Bertz CT molecular complexity index is 691. The van der Waals surface area contributed by atoms with Crippen molar-refractivity contribution >= 4 is 11.9 Å². The third-order valence-electron chi connectivity index (χ3n) is 4.70. The molecule has 1 spiro atoms. The Labute approximate surface area is 140 Å². The third-order valence-corrected chi connectivity index (χ3v) is 4.70. The number of hydrogen-bond acceptors (Lipinski definition) is 6. The highest BCUT2D eigenvalue weighted by Crippen LogP contribution is 2.36. The number of ether oxygens (including phenoxy) is 1. The van der Waals surface area contributed by atoms with Gasteiger partial charge in [0.2, 0.25) is 5.95 Å². The summed E-state index contributed by atoms with van der Waals surface area (Å²) in [5, 5.41) is 3.32. The zero-order chi connectivity index (χ0) is 16.4. The van der Waals surface area contributed by atoms with Crippen LogP contribution < -0.4 is 5.32 Å². The summed E-state index contributed by atoms with van der Waals surface area (Å²) in [5.41, 5.74) is 0.321. The smallest absolute Gasteiger partial charge is 0.257 e.